The molecule has 2 aliphatic rings. The number of nitrogens with one attached hydrogen (secondary N) is 1. The van der Waals surface area contributed by atoms with Gasteiger partial charge in [0.2, 0.25) is 17.1 Å². The van der Waals surface area contributed by atoms with Crippen molar-refractivity contribution in [1.29, 1.82) is 21.2 Å². The topological polar surface area (TPSA) is 123 Å². The quantitative estimate of drug-likeness (QED) is 0.763. The van der Waals surface area contributed by atoms with Gasteiger partial charge in [0.25, 0.3) is 0 Å². The summed E-state index contributed by atoms with van der Waals surface area (Å²) in [5.41, 5.74) is -2.83. The number of ether oxygens (including phenoxy) is 3. The van der Waals surface area contributed by atoms with Crippen LogP contribution in [0.5, 0.6) is 5.75 Å². The normalized spacial score (nSPS) is 30.4. The summed E-state index contributed by atoms with van der Waals surface area (Å²) in [6.45, 7) is 1.66. The van der Waals surface area contributed by atoms with E-state index in [4.69, 9.17) is 31.2 Å². The Kier molecular flexibility index (Phi) is 4.67. The summed E-state index contributed by atoms with van der Waals surface area (Å²) < 4.78 is 17.6. The molecule has 2 aromatic rings. The van der Waals surface area contributed by atoms with E-state index in [0.29, 0.717) is 21.9 Å². The van der Waals surface area contributed by atoms with Gasteiger partial charge in [0.15, 0.2) is 5.41 Å². The van der Waals surface area contributed by atoms with E-state index in [9.17, 15) is 15.8 Å². The molecule has 2 aromatic carbocycles. The number of methoxy groups -OCH3 is 1. The van der Waals surface area contributed by atoms with E-state index in [-0.39, 0.29) is 0 Å². The van der Waals surface area contributed by atoms with Gasteiger partial charge in [-0.2, -0.15) is 15.8 Å². The maximum absolute atomic E-state index is 10.3. The standard InChI is InChI=1S/C23H17ClN4O3/c1-14-22(13-27)20(28)31-23(14,16-5-9-18(29-2)10-6-16)30-19(21(22,11-25)12-26)15-3-7-17(24)8-4-15/h3-10,14,19,28H,1-2H3. The summed E-state index contributed by atoms with van der Waals surface area (Å²) >= 11 is 6.02. The number of hydrogen-bond acceptors (Lipinski definition) is 7. The lowest BCUT2D eigenvalue weighted by molar-refractivity contribution is -0.288. The van der Waals surface area contributed by atoms with Crippen LogP contribution in [-0.2, 0) is 15.3 Å². The fourth-order valence-corrected chi connectivity index (χ4v) is 4.76. The number of benzene rings is 2. The van der Waals surface area contributed by atoms with Crippen molar-refractivity contribution >= 4 is 17.5 Å². The van der Waals surface area contributed by atoms with E-state index in [0.717, 1.165) is 0 Å². The highest BCUT2D eigenvalue weighted by atomic mass is 35.5. The van der Waals surface area contributed by atoms with E-state index in [2.05, 4.69) is 6.07 Å². The molecule has 4 unspecified atom stereocenters. The van der Waals surface area contributed by atoms with Gasteiger partial charge >= 0.3 is 0 Å². The van der Waals surface area contributed by atoms with Crippen molar-refractivity contribution in [3.05, 3.63) is 64.7 Å². The van der Waals surface area contributed by atoms with E-state index in [1.807, 2.05) is 12.1 Å². The lowest BCUT2D eigenvalue weighted by atomic mass is 9.53. The highest BCUT2D eigenvalue weighted by Crippen LogP contribution is 2.68. The van der Waals surface area contributed by atoms with Crippen LogP contribution in [0.3, 0.4) is 0 Å². The van der Waals surface area contributed by atoms with E-state index in [1.54, 1.807) is 62.6 Å². The molecule has 2 saturated heterocycles. The maximum Gasteiger partial charge on any atom is 0.244 e. The molecule has 0 aliphatic carbocycles. The average Bonchev–Trinajstić information content (AvgIpc) is 2.96. The molecule has 2 aliphatic heterocycles. The van der Waals surface area contributed by atoms with Crippen molar-refractivity contribution in [3.8, 4) is 24.0 Å². The first kappa shape index (κ1) is 20.7. The van der Waals surface area contributed by atoms with Crippen LogP contribution in [0, 0.1) is 56.2 Å². The Morgan fingerprint density at radius 3 is 2.13 bits per heavy atom. The maximum atomic E-state index is 10.3. The molecule has 7 nitrogen and oxygen atoms in total. The molecule has 0 aromatic heterocycles. The van der Waals surface area contributed by atoms with Crippen molar-refractivity contribution in [1.82, 2.24) is 0 Å². The van der Waals surface area contributed by atoms with Crippen LogP contribution in [0.4, 0.5) is 0 Å². The number of fused-ring (bicyclic) bond motifs is 2. The van der Waals surface area contributed by atoms with Crippen molar-refractivity contribution in [2.45, 2.75) is 18.8 Å². The number of rotatable bonds is 3. The predicted octanol–water partition coefficient (Wildman–Crippen LogP) is 4.46. The minimum absolute atomic E-state index is 0.460. The Hall–Kier alpha value is -3.57. The van der Waals surface area contributed by atoms with Gasteiger partial charge in [-0.15, -0.1) is 0 Å². The Balaban J connectivity index is 2.00. The van der Waals surface area contributed by atoms with Gasteiger partial charge in [0.1, 0.15) is 11.9 Å². The second kappa shape index (κ2) is 7.00. The third kappa shape index (κ3) is 2.44. The first-order valence-corrected chi connectivity index (χ1v) is 9.82. The summed E-state index contributed by atoms with van der Waals surface area (Å²) in [7, 11) is 1.54. The number of hydrogen-bond donors (Lipinski definition) is 1. The first-order valence-electron chi connectivity index (χ1n) is 9.45. The summed E-state index contributed by atoms with van der Waals surface area (Å²) in [5, 5.41) is 39.8. The lowest BCUT2D eigenvalue weighted by Crippen LogP contribution is -2.57. The van der Waals surface area contributed by atoms with Crippen LogP contribution in [0.15, 0.2) is 48.5 Å². The molecule has 2 fully saturated rings. The van der Waals surface area contributed by atoms with Crippen LogP contribution in [0.25, 0.3) is 0 Å². The molecule has 1 N–H and O–H groups in total. The molecule has 2 bridgehead atoms. The Labute approximate surface area is 184 Å². The molecule has 4 atom stereocenters. The number of nitrogens with zero attached hydrogens (tertiary/aromatic N) is 3. The Morgan fingerprint density at radius 2 is 1.61 bits per heavy atom. The average molecular weight is 433 g/mol. The van der Waals surface area contributed by atoms with Crippen molar-refractivity contribution in [3.63, 3.8) is 0 Å². The zero-order valence-electron chi connectivity index (χ0n) is 16.7. The van der Waals surface area contributed by atoms with Crippen molar-refractivity contribution in [2.24, 2.45) is 16.7 Å². The lowest BCUT2D eigenvalue weighted by Gasteiger charge is -2.48. The number of nitriles is 3. The van der Waals surface area contributed by atoms with Gasteiger partial charge < -0.3 is 14.2 Å². The third-order valence-electron chi connectivity index (χ3n) is 6.33. The molecule has 0 amide bonds. The van der Waals surface area contributed by atoms with Gasteiger partial charge in [0, 0.05) is 10.6 Å². The largest absolute Gasteiger partial charge is 0.497 e. The van der Waals surface area contributed by atoms with E-state index in [1.165, 1.54) is 0 Å². The zero-order chi connectivity index (χ0) is 22.4. The van der Waals surface area contributed by atoms with Crippen LogP contribution >= 0.6 is 11.6 Å². The second-order valence-corrected chi connectivity index (χ2v) is 7.99. The predicted molar refractivity (Wildman–Crippen MR) is 110 cm³/mol. The summed E-state index contributed by atoms with van der Waals surface area (Å²) in [6.07, 6.45) is -1.17. The summed E-state index contributed by atoms with van der Waals surface area (Å²) in [4.78, 5) is 0. The summed E-state index contributed by atoms with van der Waals surface area (Å²) in [6, 6.07) is 19.5. The van der Waals surface area contributed by atoms with Crippen molar-refractivity contribution < 1.29 is 14.2 Å². The summed E-state index contributed by atoms with van der Waals surface area (Å²) in [5.74, 6) is -2.21. The van der Waals surface area contributed by atoms with E-state index >= 15 is 0 Å². The third-order valence-corrected chi connectivity index (χ3v) is 6.59. The highest BCUT2D eigenvalue weighted by molar-refractivity contribution is 6.30. The smallest absolute Gasteiger partial charge is 0.244 e. The fraction of sp³-hybridized carbons (Fsp3) is 0.304. The molecular weight excluding hydrogens is 416 g/mol. The highest BCUT2D eigenvalue weighted by Gasteiger charge is 2.79. The van der Waals surface area contributed by atoms with Crippen molar-refractivity contribution in [2.75, 3.05) is 7.11 Å². The molecule has 31 heavy (non-hydrogen) atoms. The van der Waals surface area contributed by atoms with Crippen LogP contribution in [0.2, 0.25) is 5.02 Å². The molecule has 0 saturated carbocycles. The molecule has 0 spiro atoms. The number of halogens is 1. The minimum atomic E-state index is -2.02. The van der Waals surface area contributed by atoms with Crippen LogP contribution < -0.4 is 4.74 Å². The monoisotopic (exact) mass is 432 g/mol. The van der Waals surface area contributed by atoms with Gasteiger partial charge in [-0.05, 0) is 42.0 Å². The van der Waals surface area contributed by atoms with Crippen LogP contribution in [-0.4, -0.2) is 13.0 Å². The van der Waals surface area contributed by atoms with Crippen LogP contribution in [0.1, 0.15) is 24.2 Å². The molecule has 2 heterocycles. The Bertz CT molecular complexity index is 1160. The SMILES string of the molecule is COc1ccc(C23OC(=N)C(C#N)(C2C)C(C#N)(C#N)C(c2ccc(Cl)cc2)O3)cc1. The fourth-order valence-electron chi connectivity index (χ4n) is 4.63. The minimum Gasteiger partial charge on any atom is -0.497 e. The molecule has 154 valence electrons. The van der Waals surface area contributed by atoms with Gasteiger partial charge in [0.05, 0.1) is 31.2 Å². The van der Waals surface area contributed by atoms with E-state index < -0.39 is 34.5 Å². The molecule has 8 heteroatoms. The van der Waals surface area contributed by atoms with Gasteiger partial charge in [-0.25, -0.2) is 0 Å². The Morgan fingerprint density at radius 1 is 1.00 bits per heavy atom. The zero-order valence-corrected chi connectivity index (χ0v) is 17.5. The van der Waals surface area contributed by atoms with Gasteiger partial charge in [-0.1, -0.05) is 30.7 Å². The van der Waals surface area contributed by atoms with Gasteiger partial charge in [-0.3, -0.25) is 5.41 Å². The molecule has 4 rings (SSSR count). The molecule has 0 radical (unpaired) electrons. The first-order chi connectivity index (χ1) is 14.8. The second-order valence-electron chi connectivity index (χ2n) is 7.55. The molecular formula is C23H17ClN4O3.